The third-order valence-electron chi connectivity index (χ3n) is 6.52. The Balaban J connectivity index is 1.20. The van der Waals surface area contributed by atoms with Gasteiger partial charge in [-0.15, -0.1) is 0 Å². The third-order valence-corrected chi connectivity index (χ3v) is 6.52. The van der Waals surface area contributed by atoms with Crippen molar-refractivity contribution in [1.29, 1.82) is 0 Å². The van der Waals surface area contributed by atoms with E-state index in [2.05, 4.69) is 17.1 Å². The van der Waals surface area contributed by atoms with E-state index in [0.29, 0.717) is 18.6 Å². The van der Waals surface area contributed by atoms with Gasteiger partial charge in [-0.2, -0.15) is 0 Å². The number of benzene rings is 2. The monoisotopic (exact) mass is 404 g/mol. The Labute approximate surface area is 175 Å². The first-order valence-corrected chi connectivity index (χ1v) is 10.7. The maximum absolute atomic E-state index is 14.6. The van der Waals surface area contributed by atoms with Crippen molar-refractivity contribution < 1.29 is 13.9 Å². The van der Waals surface area contributed by atoms with Crippen LogP contribution < -0.4 is 0 Å². The zero-order chi connectivity index (χ0) is 20.5. The van der Waals surface area contributed by atoms with Crippen molar-refractivity contribution in [1.82, 2.24) is 9.55 Å². The van der Waals surface area contributed by atoms with Crippen molar-refractivity contribution in [3.63, 3.8) is 0 Å². The van der Waals surface area contributed by atoms with Gasteiger partial charge in [-0.25, -0.2) is 9.37 Å². The average Bonchev–Trinajstić information content (AvgIpc) is 3.37. The molecule has 3 aromatic rings. The first kappa shape index (κ1) is 19.2. The maximum atomic E-state index is 14.6. The fourth-order valence-electron chi connectivity index (χ4n) is 4.90. The van der Waals surface area contributed by atoms with Crippen LogP contribution in [0.2, 0.25) is 0 Å². The molecule has 0 amide bonds. The number of carbonyl (C=O) groups is 1. The summed E-state index contributed by atoms with van der Waals surface area (Å²) in [6, 6.07) is 15.0. The van der Waals surface area contributed by atoms with E-state index >= 15 is 0 Å². The minimum atomic E-state index is -0.293. The normalized spacial score (nSPS) is 22.5. The number of nitrogens with zero attached hydrogens (tertiary/aromatic N) is 2. The smallest absolute Gasteiger partial charge is 0.138 e. The minimum Gasteiger partial charge on any atom is -0.374 e. The van der Waals surface area contributed by atoms with Crippen molar-refractivity contribution >= 4 is 5.78 Å². The van der Waals surface area contributed by atoms with Gasteiger partial charge in [-0.1, -0.05) is 42.5 Å². The molecule has 4 nitrogen and oxygen atoms in total. The highest BCUT2D eigenvalue weighted by Crippen LogP contribution is 2.43. The number of hydrogen-bond acceptors (Lipinski definition) is 3. The first-order chi connectivity index (χ1) is 14.7. The second-order valence-electron chi connectivity index (χ2n) is 8.34. The lowest BCUT2D eigenvalue weighted by Gasteiger charge is -2.28. The topological polar surface area (TPSA) is 44.1 Å². The predicted molar refractivity (Wildman–Crippen MR) is 112 cm³/mol. The van der Waals surface area contributed by atoms with Crippen molar-refractivity contribution in [2.75, 3.05) is 0 Å². The van der Waals surface area contributed by atoms with Crippen molar-refractivity contribution in [2.45, 2.75) is 50.9 Å². The molecule has 1 fully saturated rings. The van der Waals surface area contributed by atoms with E-state index in [1.807, 2.05) is 28.8 Å². The van der Waals surface area contributed by atoms with E-state index in [9.17, 15) is 9.18 Å². The van der Waals surface area contributed by atoms with Gasteiger partial charge in [0.2, 0.25) is 0 Å². The molecule has 5 rings (SSSR count). The van der Waals surface area contributed by atoms with Gasteiger partial charge in [0, 0.05) is 23.5 Å². The van der Waals surface area contributed by atoms with E-state index in [0.717, 1.165) is 36.9 Å². The number of rotatable bonds is 6. The first-order valence-electron chi connectivity index (χ1n) is 10.7. The van der Waals surface area contributed by atoms with Crippen LogP contribution in [-0.4, -0.2) is 21.4 Å². The van der Waals surface area contributed by atoms with E-state index in [1.165, 1.54) is 11.6 Å². The Hall–Kier alpha value is -2.79. The molecule has 0 N–H and O–H groups in total. The molecule has 154 valence electrons. The molecule has 30 heavy (non-hydrogen) atoms. The van der Waals surface area contributed by atoms with E-state index in [-0.39, 0.29) is 29.7 Å². The van der Waals surface area contributed by atoms with Gasteiger partial charge in [-0.05, 0) is 37.3 Å². The molecule has 0 radical (unpaired) electrons. The highest BCUT2D eigenvalue weighted by Gasteiger charge is 2.35. The highest BCUT2D eigenvalue weighted by molar-refractivity contribution is 5.83. The van der Waals surface area contributed by atoms with Crippen molar-refractivity contribution in [3.8, 4) is 11.3 Å². The number of Topliss-reactive ketones (excluding diaryl/α,β-unsaturated/α-hetero) is 1. The molecule has 0 saturated heterocycles. The number of halogens is 1. The van der Waals surface area contributed by atoms with Gasteiger partial charge in [0.15, 0.2) is 0 Å². The summed E-state index contributed by atoms with van der Waals surface area (Å²) in [6.45, 7) is 0.617. The summed E-state index contributed by atoms with van der Waals surface area (Å²) in [6.07, 6.45) is 7.46. The van der Waals surface area contributed by atoms with Gasteiger partial charge >= 0.3 is 0 Å². The highest BCUT2D eigenvalue weighted by atomic mass is 19.1. The third kappa shape index (κ3) is 3.58. The van der Waals surface area contributed by atoms with Crippen LogP contribution in [0.25, 0.3) is 11.3 Å². The van der Waals surface area contributed by atoms with Crippen LogP contribution in [0.5, 0.6) is 0 Å². The molecule has 0 spiro atoms. The van der Waals surface area contributed by atoms with Crippen LogP contribution in [-0.2, 0) is 16.1 Å². The van der Waals surface area contributed by atoms with Gasteiger partial charge in [-0.3, -0.25) is 4.79 Å². The molecule has 2 aromatic carbocycles. The maximum Gasteiger partial charge on any atom is 0.138 e. The number of imidazole rings is 1. The van der Waals surface area contributed by atoms with Gasteiger partial charge in [0.1, 0.15) is 11.6 Å². The summed E-state index contributed by atoms with van der Waals surface area (Å²) in [5.74, 6) is 0.00801. The number of ether oxygens (including phenoxy) is 1. The molecular weight excluding hydrogens is 379 g/mol. The zero-order valence-electron chi connectivity index (χ0n) is 16.8. The predicted octanol–water partition coefficient (Wildman–Crippen LogP) is 5.33. The summed E-state index contributed by atoms with van der Waals surface area (Å²) in [7, 11) is 0. The number of carbonyl (C=O) groups excluding carboxylic acids is 1. The average molecular weight is 404 g/mol. The number of ketones is 1. The summed E-state index contributed by atoms with van der Waals surface area (Å²) in [5.41, 5.74) is 3.54. The summed E-state index contributed by atoms with van der Waals surface area (Å²) in [5, 5.41) is 0. The molecule has 5 heteroatoms. The van der Waals surface area contributed by atoms with E-state index in [1.54, 1.807) is 18.6 Å². The summed E-state index contributed by atoms with van der Waals surface area (Å²) in [4.78, 5) is 17.3. The molecule has 2 heterocycles. The molecule has 1 aliphatic heterocycles. The van der Waals surface area contributed by atoms with Gasteiger partial charge < -0.3 is 9.30 Å². The van der Waals surface area contributed by atoms with E-state index < -0.39 is 0 Å². The minimum absolute atomic E-state index is 0.0318. The van der Waals surface area contributed by atoms with Gasteiger partial charge in [0.05, 0.1) is 37.0 Å². The Morgan fingerprint density at radius 2 is 1.87 bits per heavy atom. The van der Waals surface area contributed by atoms with Crippen LogP contribution in [0.3, 0.4) is 0 Å². The van der Waals surface area contributed by atoms with Crippen LogP contribution in [0.1, 0.15) is 49.3 Å². The molecule has 1 atom stereocenters. The molecule has 1 aromatic heterocycles. The molecule has 0 bridgehead atoms. The fraction of sp³-hybridized carbons (Fsp3) is 0.360. The Bertz CT molecular complexity index is 1040. The number of fused-ring (bicyclic) bond motifs is 3. The molecule has 1 unspecified atom stereocenters. The van der Waals surface area contributed by atoms with Crippen LogP contribution in [0, 0.1) is 11.7 Å². The van der Waals surface area contributed by atoms with Crippen molar-refractivity contribution in [3.05, 3.63) is 78.0 Å². The second kappa shape index (κ2) is 8.15. The largest absolute Gasteiger partial charge is 0.374 e. The van der Waals surface area contributed by atoms with Crippen LogP contribution >= 0.6 is 0 Å². The summed E-state index contributed by atoms with van der Waals surface area (Å²) >= 11 is 0. The SMILES string of the molecule is O=C(CC1c2c(F)cccc2-c2cncn21)[C@H]1CC[C@@H](OCc2ccccc2)CC1. The number of aromatic nitrogens is 2. The lowest BCUT2D eigenvalue weighted by atomic mass is 9.82. The fourth-order valence-corrected chi connectivity index (χ4v) is 4.90. The van der Waals surface area contributed by atoms with Gasteiger partial charge in [0.25, 0.3) is 0 Å². The lowest BCUT2D eigenvalue weighted by Crippen LogP contribution is -2.27. The standard InChI is InChI=1S/C25H25FN2O2/c26-21-8-4-7-20-23-14-27-16-28(23)22(25(20)21)13-24(29)18-9-11-19(12-10-18)30-15-17-5-2-1-3-6-17/h1-8,14,16,18-19,22H,9-13,15H2/t18-,19+,22?. The zero-order valence-corrected chi connectivity index (χ0v) is 16.8. The molecule has 1 aliphatic carbocycles. The molecule has 1 saturated carbocycles. The number of hydrogen-bond donors (Lipinski definition) is 0. The Morgan fingerprint density at radius 1 is 1.07 bits per heavy atom. The van der Waals surface area contributed by atoms with Crippen molar-refractivity contribution in [2.24, 2.45) is 5.92 Å². The van der Waals surface area contributed by atoms with Crippen LogP contribution in [0.4, 0.5) is 4.39 Å². The molecule has 2 aliphatic rings. The van der Waals surface area contributed by atoms with E-state index in [4.69, 9.17) is 4.74 Å². The Kier molecular flexibility index (Phi) is 5.21. The van der Waals surface area contributed by atoms with Crippen LogP contribution in [0.15, 0.2) is 61.1 Å². The summed E-state index contributed by atoms with van der Waals surface area (Å²) < 4.78 is 22.6. The molecular formula is C25H25FN2O2. The lowest BCUT2D eigenvalue weighted by molar-refractivity contribution is -0.125. The second-order valence-corrected chi connectivity index (χ2v) is 8.34. The quantitative estimate of drug-likeness (QED) is 0.558. The Morgan fingerprint density at radius 3 is 2.67 bits per heavy atom.